The van der Waals surface area contributed by atoms with Gasteiger partial charge < -0.3 is 4.98 Å². The number of fused-ring (bicyclic) bond motifs is 3. The first kappa shape index (κ1) is 15.2. The first-order valence-electron chi connectivity index (χ1n) is 8.41. The van der Waals surface area contributed by atoms with Gasteiger partial charge >= 0.3 is 0 Å². The van der Waals surface area contributed by atoms with E-state index in [1.165, 1.54) is 38.1 Å². The van der Waals surface area contributed by atoms with Crippen molar-refractivity contribution in [1.29, 1.82) is 0 Å². The van der Waals surface area contributed by atoms with Crippen LogP contribution >= 0.6 is 0 Å². The van der Waals surface area contributed by atoms with Crippen molar-refractivity contribution in [2.75, 3.05) is 0 Å². The molecule has 120 valence electrons. The van der Waals surface area contributed by atoms with E-state index in [9.17, 15) is 0 Å². The largest absolute Gasteiger partial charge is 0.355 e. The number of aryl methyl sites for hydroxylation is 1. The molecule has 0 aliphatic heterocycles. The summed E-state index contributed by atoms with van der Waals surface area (Å²) in [7, 11) is -1.34. The third kappa shape index (κ3) is 2.45. The van der Waals surface area contributed by atoms with E-state index in [-0.39, 0.29) is 0 Å². The smallest absolute Gasteiger partial charge is 0.0799 e. The molecule has 3 heteroatoms. The van der Waals surface area contributed by atoms with E-state index >= 15 is 0 Å². The fourth-order valence-electron chi connectivity index (χ4n) is 3.51. The molecule has 0 atom stereocenters. The number of aromatic nitrogens is 2. The highest BCUT2D eigenvalue weighted by Crippen LogP contribution is 2.29. The van der Waals surface area contributed by atoms with Crippen molar-refractivity contribution in [3.05, 3.63) is 60.3 Å². The minimum Gasteiger partial charge on any atom is -0.355 e. The Morgan fingerprint density at radius 3 is 2.38 bits per heavy atom. The second-order valence-corrected chi connectivity index (χ2v) is 12.6. The van der Waals surface area contributed by atoms with Gasteiger partial charge in [-0.25, -0.2) is 0 Å². The lowest BCUT2D eigenvalue weighted by Crippen LogP contribution is -2.39. The van der Waals surface area contributed by atoms with Crippen LogP contribution in [0.4, 0.5) is 0 Å². The number of para-hydroxylation sites is 1. The predicted molar refractivity (Wildman–Crippen MR) is 107 cm³/mol. The van der Waals surface area contributed by atoms with E-state index < -0.39 is 8.07 Å². The number of rotatable bonds is 2. The number of aromatic amines is 1. The lowest BCUT2D eigenvalue weighted by molar-refractivity contribution is 1.30. The summed E-state index contributed by atoms with van der Waals surface area (Å²) < 4.78 is 0. The molecule has 1 N–H and O–H groups in total. The summed E-state index contributed by atoms with van der Waals surface area (Å²) in [5.74, 6) is 0. The van der Waals surface area contributed by atoms with Crippen LogP contribution in [-0.4, -0.2) is 18.0 Å². The lowest BCUT2D eigenvalue weighted by atomic mass is 10.1. The summed E-state index contributed by atoms with van der Waals surface area (Å²) in [6, 6.07) is 17.3. The molecule has 0 aliphatic carbocycles. The minimum absolute atomic E-state index is 1.06. The van der Waals surface area contributed by atoms with Crippen LogP contribution in [0.2, 0.25) is 19.6 Å². The lowest BCUT2D eigenvalue weighted by Gasteiger charge is -2.19. The van der Waals surface area contributed by atoms with Gasteiger partial charge in [-0.1, -0.05) is 43.9 Å². The van der Waals surface area contributed by atoms with Gasteiger partial charge in [0.15, 0.2) is 0 Å². The molecule has 2 aromatic carbocycles. The number of hydrogen-bond donors (Lipinski definition) is 1. The quantitative estimate of drug-likeness (QED) is 0.500. The molecule has 0 aliphatic rings. The summed E-state index contributed by atoms with van der Waals surface area (Å²) in [5.41, 5.74) is 5.95. The first-order chi connectivity index (χ1) is 11.4. The summed E-state index contributed by atoms with van der Waals surface area (Å²) in [6.45, 7) is 9.32. The van der Waals surface area contributed by atoms with Crippen LogP contribution in [0, 0.1) is 6.92 Å². The number of benzene rings is 2. The average Bonchev–Trinajstić information content (AvgIpc) is 2.91. The van der Waals surface area contributed by atoms with Gasteiger partial charge in [0.2, 0.25) is 0 Å². The third-order valence-electron chi connectivity index (χ3n) is 4.72. The molecule has 4 rings (SSSR count). The van der Waals surface area contributed by atoms with Crippen LogP contribution < -0.4 is 5.19 Å². The molecule has 24 heavy (non-hydrogen) atoms. The molecule has 0 radical (unpaired) electrons. The van der Waals surface area contributed by atoms with Gasteiger partial charge in [-0.15, -0.1) is 0 Å². The Labute approximate surface area is 143 Å². The topological polar surface area (TPSA) is 28.7 Å². The normalized spacial score (nSPS) is 12.2. The van der Waals surface area contributed by atoms with E-state index in [1.54, 1.807) is 0 Å². The highest BCUT2D eigenvalue weighted by atomic mass is 28.3. The maximum Gasteiger partial charge on any atom is 0.0799 e. The van der Waals surface area contributed by atoms with Gasteiger partial charge in [-0.05, 0) is 41.9 Å². The molecular weight excluding hydrogens is 308 g/mol. The molecule has 2 nitrogen and oxygen atoms in total. The van der Waals surface area contributed by atoms with E-state index in [0.29, 0.717) is 0 Å². The molecule has 0 bridgehead atoms. The van der Waals surface area contributed by atoms with Gasteiger partial charge in [0.25, 0.3) is 0 Å². The zero-order chi connectivity index (χ0) is 16.9. The van der Waals surface area contributed by atoms with Crippen molar-refractivity contribution in [3.8, 4) is 11.3 Å². The fourth-order valence-corrected chi connectivity index (χ4v) is 5.21. The molecule has 0 saturated heterocycles. The Hall–Kier alpha value is -2.39. The van der Waals surface area contributed by atoms with Crippen LogP contribution in [0.1, 0.15) is 5.56 Å². The standard InChI is InChI=1S/C21H22N2Si/c1-14-11-20(22-13-21(14)24(2,3)4)15-9-10-19-17(12-15)16-7-5-6-8-18(16)23-19/h5-13,23H,1-4H3. The molecule has 0 fully saturated rings. The number of nitrogens with one attached hydrogen (secondary N) is 1. The number of pyridine rings is 1. The fraction of sp³-hybridized carbons (Fsp3) is 0.190. The molecule has 2 heterocycles. The molecule has 0 unspecified atom stereocenters. The Balaban J connectivity index is 1.87. The molecule has 0 amide bonds. The second kappa shape index (κ2) is 5.31. The van der Waals surface area contributed by atoms with Crippen molar-refractivity contribution in [3.63, 3.8) is 0 Å². The Bertz CT molecular complexity index is 1050. The van der Waals surface area contributed by atoms with E-state index in [2.05, 4.69) is 86.3 Å². The molecule has 4 aromatic rings. The SMILES string of the molecule is Cc1cc(-c2ccc3[nH]c4ccccc4c3c2)ncc1[Si](C)(C)C. The monoisotopic (exact) mass is 330 g/mol. The maximum absolute atomic E-state index is 4.77. The summed E-state index contributed by atoms with van der Waals surface area (Å²) in [6.07, 6.45) is 2.09. The van der Waals surface area contributed by atoms with E-state index in [4.69, 9.17) is 4.98 Å². The predicted octanol–water partition coefficient (Wildman–Crippen LogP) is 5.24. The Morgan fingerprint density at radius 2 is 1.62 bits per heavy atom. The molecule has 0 saturated carbocycles. The second-order valence-electron chi connectivity index (χ2n) is 7.57. The van der Waals surface area contributed by atoms with Crippen molar-refractivity contribution < 1.29 is 0 Å². The highest BCUT2D eigenvalue weighted by molar-refractivity contribution is 6.89. The Morgan fingerprint density at radius 1 is 0.875 bits per heavy atom. The van der Waals surface area contributed by atoms with E-state index in [1.807, 2.05) is 0 Å². The van der Waals surface area contributed by atoms with Gasteiger partial charge in [-0.3, -0.25) is 4.98 Å². The van der Waals surface area contributed by atoms with Gasteiger partial charge in [0, 0.05) is 33.6 Å². The van der Waals surface area contributed by atoms with Crippen LogP contribution in [0.3, 0.4) is 0 Å². The first-order valence-corrected chi connectivity index (χ1v) is 11.9. The van der Waals surface area contributed by atoms with Crippen LogP contribution in [-0.2, 0) is 0 Å². The van der Waals surface area contributed by atoms with Crippen LogP contribution in [0.15, 0.2) is 54.7 Å². The van der Waals surface area contributed by atoms with E-state index in [0.717, 1.165) is 5.69 Å². The van der Waals surface area contributed by atoms with Gasteiger partial charge in [0.1, 0.15) is 0 Å². The zero-order valence-electron chi connectivity index (χ0n) is 14.6. The molecular formula is C21H22N2Si. The summed E-state index contributed by atoms with van der Waals surface area (Å²) in [4.78, 5) is 8.25. The van der Waals surface area contributed by atoms with Crippen molar-refractivity contribution in [2.45, 2.75) is 26.6 Å². The number of nitrogens with zero attached hydrogens (tertiary/aromatic N) is 1. The molecule has 0 spiro atoms. The zero-order valence-corrected chi connectivity index (χ0v) is 15.6. The summed E-state index contributed by atoms with van der Waals surface area (Å²) in [5, 5.41) is 3.97. The molecule has 2 aromatic heterocycles. The van der Waals surface area contributed by atoms with Crippen molar-refractivity contribution in [2.24, 2.45) is 0 Å². The van der Waals surface area contributed by atoms with Gasteiger partial charge in [0.05, 0.1) is 13.8 Å². The summed E-state index contributed by atoms with van der Waals surface area (Å²) >= 11 is 0. The maximum atomic E-state index is 4.77. The minimum atomic E-state index is -1.34. The van der Waals surface area contributed by atoms with Crippen molar-refractivity contribution in [1.82, 2.24) is 9.97 Å². The highest BCUT2D eigenvalue weighted by Gasteiger charge is 2.19. The average molecular weight is 331 g/mol. The number of H-pyrrole nitrogens is 1. The van der Waals surface area contributed by atoms with Crippen LogP contribution in [0.5, 0.6) is 0 Å². The van der Waals surface area contributed by atoms with Crippen molar-refractivity contribution >= 4 is 35.1 Å². The number of hydrogen-bond acceptors (Lipinski definition) is 1. The van der Waals surface area contributed by atoms with Gasteiger partial charge in [-0.2, -0.15) is 0 Å². The Kier molecular flexibility index (Phi) is 3.36. The van der Waals surface area contributed by atoms with Crippen LogP contribution in [0.25, 0.3) is 33.1 Å². The third-order valence-corrected chi connectivity index (χ3v) is 6.86.